The molecule has 0 amide bonds. The number of rotatable bonds is 1. The molecule has 0 aromatic heterocycles. The minimum Gasteiger partial charge on any atom is -0.378 e. The molecule has 1 aliphatic heterocycles. The smallest absolute Gasteiger partial charge is 0.0953 e. The fraction of sp³-hybridized carbons (Fsp3) is 0.400. The third-order valence-electron chi connectivity index (χ3n) is 3.77. The van der Waals surface area contributed by atoms with Gasteiger partial charge in [0.1, 0.15) is 0 Å². The first-order valence-electron chi connectivity index (χ1n) is 6.40. The summed E-state index contributed by atoms with van der Waals surface area (Å²) in [5.41, 5.74) is 2.18. The normalized spacial score (nSPS) is 30.3. The molecule has 2 atom stereocenters. The van der Waals surface area contributed by atoms with Crippen molar-refractivity contribution in [1.82, 2.24) is 4.90 Å². The summed E-state index contributed by atoms with van der Waals surface area (Å²) < 4.78 is 5.40. The summed E-state index contributed by atoms with van der Waals surface area (Å²) in [6.07, 6.45) is 12.5. The Morgan fingerprint density at radius 3 is 2.56 bits per heavy atom. The number of morpholine rings is 1. The van der Waals surface area contributed by atoms with E-state index in [2.05, 4.69) is 35.3 Å². The molecule has 0 saturated carbocycles. The van der Waals surface area contributed by atoms with Crippen molar-refractivity contribution in [3.8, 4) is 6.07 Å². The minimum absolute atomic E-state index is 0.211. The zero-order valence-electron chi connectivity index (χ0n) is 10.2. The van der Waals surface area contributed by atoms with Crippen molar-refractivity contribution in [2.24, 2.45) is 11.8 Å². The molecule has 18 heavy (non-hydrogen) atoms. The molecule has 1 fully saturated rings. The lowest BCUT2D eigenvalue weighted by molar-refractivity contribution is 0.0488. The topological polar surface area (TPSA) is 36.3 Å². The van der Waals surface area contributed by atoms with Gasteiger partial charge in [0.25, 0.3) is 0 Å². The van der Waals surface area contributed by atoms with Crippen molar-refractivity contribution in [3.63, 3.8) is 0 Å². The number of nitrogens with zero attached hydrogens (tertiary/aromatic N) is 2. The molecule has 92 valence electrons. The summed E-state index contributed by atoms with van der Waals surface area (Å²) in [4.78, 5) is 2.38. The van der Waals surface area contributed by atoms with Crippen LogP contribution in [0, 0.1) is 23.2 Å². The third-order valence-corrected chi connectivity index (χ3v) is 3.77. The van der Waals surface area contributed by atoms with Crippen LogP contribution in [0.15, 0.2) is 47.7 Å². The van der Waals surface area contributed by atoms with Crippen LogP contribution in [-0.4, -0.2) is 31.2 Å². The number of nitriles is 1. The Morgan fingerprint density at radius 1 is 1.11 bits per heavy atom. The van der Waals surface area contributed by atoms with Crippen molar-refractivity contribution in [2.45, 2.75) is 0 Å². The van der Waals surface area contributed by atoms with Gasteiger partial charge in [0.15, 0.2) is 0 Å². The Bertz CT molecular complexity index is 487. The van der Waals surface area contributed by atoms with Gasteiger partial charge in [-0.3, -0.25) is 0 Å². The van der Waals surface area contributed by atoms with Crippen LogP contribution < -0.4 is 0 Å². The quantitative estimate of drug-likeness (QED) is 0.703. The van der Waals surface area contributed by atoms with Gasteiger partial charge in [0.2, 0.25) is 0 Å². The molecule has 3 heteroatoms. The van der Waals surface area contributed by atoms with Gasteiger partial charge < -0.3 is 9.64 Å². The average molecular weight is 240 g/mol. The summed E-state index contributed by atoms with van der Waals surface area (Å²) in [5.74, 6) is 0.524. The zero-order chi connectivity index (χ0) is 12.4. The Hall–Kier alpha value is -1.79. The second-order valence-corrected chi connectivity index (χ2v) is 4.75. The van der Waals surface area contributed by atoms with Crippen LogP contribution in [0.5, 0.6) is 0 Å². The van der Waals surface area contributed by atoms with Gasteiger partial charge in [-0.2, -0.15) is 5.26 Å². The molecule has 3 rings (SSSR count). The van der Waals surface area contributed by atoms with Crippen molar-refractivity contribution in [3.05, 3.63) is 47.7 Å². The molecule has 0 aromatic rings. The van der Waals surface area contributed by atoms with Crippen molar-refractivity contribution in [1.29, 1.82) is 5.26 Å². The van der Waals surface area contributed by atoms with E-state index in [4.69, 9.17) is 4.74 Å². The highest BCUT2D eigenvalue weighted by atomic mass is 16.5. The van der Waals surface area contributed by atoms with Gasteiger partial charge in [0, 0.05) is 36.2 Å². The van der Waals surface area contributed by atoms with Crippen LogP contribution in [0.2, 0.25) is 0 Å². The highest BCUT2D eigenvalue weighted by Crippen LogP contribution is 2.37. The molecular weight excluding hydrogens is 224 g/mol. The number of ether oxygens (including phenoxy) is 1. The Balaban J connectivity index is 1.91. The van der Waals surface area contributed by atoms with E-state index in [1.165, 1.54) is 5.70 Å². The van der Waals surface area contributed by atoms with Crippen molar-refractivity contribution < 1.29 is 4.74 Å². The van der Waals surface area contributed by atoms with E-state index >= 15 is 0 Å². The molecule has 0 bridgehead atoms. The lowest BCUT2D eigenvalue weighted by Crippen LogP contribution is -2.39. The van der Waals surface area contributed by atoms with Crippen LogP contribution >= 0.6 is 0 Å². The predicted octanol–water partition coefficient (Wildman–Crippen LogP) is 2.02. The zero-order valence-corrected chi connectivity index (χ0v) is 10.2. The molecule has 2 unspecified atom stereocenters. The second-order valence-electron chi connectivity index (χ2n) is 4.75. The molecule has 1 heterocycles. The van der Waals surface area contributed by atoms with Gasteiger partial charge in [-0.05, 0) is 12.2 Å². The molecule has 3 nitrogen and oxygen atoms in total. The Labute approximate surface area is 107 Å². The van der Waals surface area contributed by atoms with E-state index in [1.54, 1.807) is 0 Å². The van der Waals surface area contributed by atoms with Crippen LogP contribution in [-0.2, 0) is 4.74 Å². The van der Waals surface area contributed by atoms with Gasteiger partial charge in [-0.25, -0.2) is 0 Å². The molecule has 2 aliphatic carbocycles. The number of hydrogen-bond acceptors (Lipinski definition) is 3. The maximum absolute atomic E-state index is 9.19. The summed E-state index contributed by atoms with van der Waals surface area (Å²) in [6, 6.07) is 2.31. The fourth-order valence-corrected chi connectivity index (χ4v) is 2.83. The lowest BCUT2D eigenvalue weighted by Gasteiger charge is -2.38. The molecule has 0 aromatic carbocycles. The van der Waals surface area contributed by atoms with E-state index in [9.17, 15) is 5.26 Å². The SMILES string of the molecule is N#CC1=CC=C(N2CCOCC2)C2C=CC=CC12. The van der Waals surface area contributed by atoms with Gasteiger partial charge in [-0.1, -0.05) is 24.3 Å². The largest absolute Gasteiger partial charge is 0.378 e. The van der Waals surface area contributed by atoms with Crippen LogP contribution in [0.25, 0.3) is 0 Å². The monoisotopic (exact) mass is 240 g/mol. The van der Waals surface area contributed by atoms with Gasteiger partial charge in [-0.15, -0.1) is 0 Å². The maximum Gasteiger partial charge on any atom is 0.0953 e. The number of hydrogen-bond donors (Lipinski definition) is 0. The molecular formula is C15H16N2O. The number of allylic oxidation sites excluding steroid dienone is 7. The third kappa shape index (κ3) is 1.89. The summed E-state index contributed by atoms with van der Waals surface area (Å²) in [7, 11) is 0. The summed E-state index contributed by atoms with van der Waals surface area (Å²) in [5, 5.41) is 9.19. The highest BCUT2D eigenvalue weighted by Gasteiger charge is 2.31. The van der Waals surface area contributed by atoms with Gasteiger partial charge in [0.05, 0.1) is 19.3 Å². The van der Waals surface area contributed by atoms with E-state index in [-0.39, 0.29) is 5.92 Å². The highest BCUT2D eigenvalue weighted by molar-refractivity contribution is 5.43. The maximum atomic E-state index is 9.19. The molecule has 0 spiro atoms. The average Bonchev–Trinajstić information content (AvgIpc) is 2.47. The first-order chi connectivity index (χ1) is 8.90. The van der Waals surface area contributed by atoms with E-state index in [1.807, 2.05) is 12.2 Å². The van der Waals surface area contributed by atoms with Gasteiger partial charge >= 0.3 is 0 Å². The predicted molar refractivity (Wildman–Crippen MR) is 69.4 cm³/mol. The van der Waals surface area contributed by atoms with Crippen molar-refractivity contribution >= 4 is 0 Å². The standard InChI is InChI=1S/C15H16N2O/c16-11-12-5-6-15(17-7-9-18-10-8-17)14-4-2-1-3-13(12)14/h1-6,13-14H,7-10H2. The molecule has 0 radical (unpaired) electrons. The van der Waals surface area contributed by atoms with E-state index in [0.717, 1.165) is 31.9 Å². The first kappa shape index (κ1) is 11.3. The summed E-state index contributed by atoms with van der Waals surface area (Å²) >= 11 is 0. The van der Waals surface area contributed by atoms with Crippen molar-refractivity contribution in [2.75, 3.05) is 26.3 Å². The first-order valence-corrected chi connectivity index (χ1v) is 6.40. The Kier molecular flexibility index (Phi) is 3.04. The van der Waals surface area contributed by atoms with Crippen LogP contribution in [0.3, 0.4) is 0 Å². The molecule has 0 N–H and O–H groups in total. The number of fused-ring (bicyclic) bond motifs is 1. The second kappa shape index (κ2) is 4.83. The molecule has 1 saturated heterocycles. The lowest BCUT2D eigenvalue weighted by atomic mass is 9.77. The van der Waals surface area contributed by atoms with E-state index < -0.39 is 0 Å². The molecule has 3 aliphatic rings. The summed E-state index contributed by atoms with van der Waals surface area (Å²) in [6.45, 7) is 3.48. The minimum atomic E-state index is 0.211. The van der Waals surface area contributed by atoms with E-state index in [0.29, 0.717) is 5.92 Å². The Morgan fingerprint density at radius 2 is 1.83 bits per heavy atom. The van der Waals surface area contributed by atoms with Crippen LogP contribution in [0.4, 0.5) is 0 Å². The fourth-order valence-electron chi connectivity index (χ4n) is 2.83. The van der Waals surface area contributed by atoms with Crippen LogP contribution in [0.1, 0.15) is 0 Å².